The van der Waals surface area contributed by atoms with Crippen LogP contribution in [0.1, 0.15) is 24.2 Å². The number of benzene rings is 1. The van der Waals surface area contributed by atoms with Gasteiger partial charge in [0.1, 0.15) is 24.4 Å². The van der Waals surface area contributed by atoms with Crippen molar-refractivity contribution in [3.8, 4) is 11.5 Å². The maximum atomic E-state index is 11.5. The van der Waals surface area contributed by atoms with Crippen LogP contribution < -0.4 is 14.8 Å². The fourth-order valence-electron chi connectivity index (χ4n) is 2.68. The maximum absolute atomic E-state index is 11.5. The highest BCUT2D eigenvalue weighted by molar-refractivity contribution is 5.94. The topological polar surface area (TPSA) is 135 Å². The van der Waals surface area contributed by atoms with E-state index in [1.807, 2.05) is 0 Å². The van der Waals surface area contributed by atoms with Gasteiger partial charge < -0.3 is 34.8 Å². The number of Topliss-reactive ketones (excluding diaryl/α,β-unsaturated/α-hetero) is 1. The van der Waals surface area contributed by atoms with E-state index in [0.717, 1.165) is 0 Å². The summed E-state index contributed by atoms with van der Waals surface area (Å²) in [6.07, 6.45) is -5.12. The van der Waals surface area contributed by atoms with Crippen LogP contribution in [0, 0.1) is 0 Å². The normalized spacial score (nSPS) is 28.3. The molecule has 1 amide bonds. The van der Waals surface area contributed by atoms with E-state index in [9.17, 15) is 24.9 Å². The second-order valence-corrected chi connectivity index (χ2v) is 5.97. The van der Waals surface area contributed by atoms with Gasteiger partial charge in [-0.25, -0.2) is 0 Å². The lowest BCUT2D eigenvalue weighted by Crippen LogP contribution is -2.65. The van der Waals surface area contributed by atoms with E-state index < -0.39 is 43.2 Å². The molecule has 0 spiro atoms. The summed E-state index contributed by atoms with van der Waals surface area (Å²) in [6.45, 7) is 2.11. The number of amides is 1. The second-order valence-electron chi connectivity index (χ2n) is 5.97. The number of aliphatic hydroxyl groups is 3. The number of methoxy groups -OCH3 is 1. The molecule has 1 aliphatic heterocycles. The number of ether oxygens (including phenoxy) is 3. The molecule has 1 aliphatic rings. The van der Waals surface area contributed by atoms with Crippen LogP contribution in [0.4, 0.5) is 0 Å². The van der Waals surface area contributed by atoms with E-state index in [4.69, 9.17) is 14.2 Å². The first-order valence-electron chi connectivity index (χ1n) is 8.03. The number of rotatable bonds is 6. The molecule has 0 saturated carbocycles. The van der Waals surface area contributed by atoms with E-state index in [2.05, 4.69) is 5.32 Å². The quantitative estimate of drug-likeness (QED) is 0.480. The number of hydrogen-bond acceptors (Lipinski definition) is 8. The molecule has 5 atom stereocenters. The molecule has 1 saturated heterocycles. The van der Waals surface area contributed by atoms with Gasteiger partial charge in [0.2, 0.25) is 12.2 Å². The Hall–Kier alpha value is -2.20. The SMILES string of the molecule is COc1cc(C(C)=O)ccc1O[C@@H]1O[C@@H](CO)[C@@H](O)[C@@H](O)[C@@H]1NC(C)=O. The Labute approximate surface area is 150 Å². The van der Waals surface area contributed by atoms with Crippen LogP contribution in [0.15, 0.2) is 18.2 Å². The average Bonchev–Trinajstić information content (AvgIpc) is 2.60. The number of nitrogens with one attached hydrogen (secondary N) is 1. The number of carbonyl (C=O) groups is 2. The van der Waals surface area contributed by atoms with Gasteiger partial charge in [-0.3, -0.25) is 9.59 Å². The van der Waals surface area contributed by atoms with E-state index in [-0.39, 0.29) is 17.3 Å². The smallest absolute Gasteiger partial charge is 0.223 e. The van der Waals surface area contributed by atoms with Gasteiger partial charge in [0.05, 0.1) is 13.7 Å². The molecule has 0 aromatic heterocycles. The summed E-state index contributed by atoms with van der Waals surface area (Å²) in [5.41, 5.74) is 0.417. The third-order valence-corrected chi connectivity index (χ3v) is 4.06. The number of aliphatic hydroxyl groups excluding tert-OH is 3. The van der Waals surface area contributed by atoms with Crippen molar-refractivity contribution in [1.82, 2.24) is 5.32 Å². The Morgan fingerprint density at radius 1 is 1.19 bits per heavy atom. The standard InChI is InChI=1S/C17H23NO8/c1-8(20)10-4-5-11(12(6-10)24-3)25-17-14(18-9(2)21)16(23)15(22)13(7-19)26-17/h4-6,13-17,19,22-23H,7H2,1-3H3,(H,18,21)/t13-,14-,15+,16-,17+/m0/s1. The molecule has 0 aliphatic carbocycles. The van der Waals surface area contributed by atoms with Crippen LogP contribution in [0.3, 0.4) is 0 Å². The Morgan fingerprint density at radius 2 is 1.88 bits per heavy atom. The van der Waals surface area contributed by atoms with E-state index in [0.29, 0.717) is 5.56 Å². The molecule has 0 bridgehead atoms. The predicted octanol–water partition coefficient (Wildman–Crippen LogP) is -0.780. The lowest BCUT2D eigenvalue weighted by atomic mass is 9.97. The number of hydrogen-bond donors (Lipinski definition) is 4. The van der Waals surface area contributed by atoms with Crippen LogP contribution in [-0.2, 0) is 9.53 Å². The molecule has 1 aromatic rings. The Bertz CT molecular complexity index is 664. The third kappa shape index (κ3) is 4.31. The molecule has 1 heterocycles. The van der Waals surface area contributed by atoms with E-state index in [1.54, 1.807) is 0 Å². The minimum Gasteiger partial charge on any atom is -0.493 e. The first kappa shape index (κ1) is 20.1. The van der Waals surface area contributed by atoms with Gasteiger partial charge in [-0.2, -0.15) is 0 Å². The van der Waals surface area contributed by atoms with Crippen molar-refractivity contribution in [2.24, 2.45) is 0 Å². The molecule has 0 radical (unpaired) electrons. The van der Waals surface area contributed by atoms with Gasteiger partial charge in [-0.15, -0.1) is 0 Å². The first-order chi connectivity index (χ1) is 12.3. The van der Waals surface area contributed by atoms with Crippen molar-refractivity contribution in [2.75, 3.05) is 13.7 Å². The molecule has 2 rings (SSSR count). The number of carbonyl (C=O) groups excluding carboxylic acids is 2. The molecule has 26 heavy (non-hydrogen) atoms. The summed E-state index contributed by atoms with van der Waals surface area (Å²) in [5.74, 6) is -0.152. The molecular formula is C17H23NO8. The molecule has 1 aromatic carbocycles. The zero-order valence-corrected chi connectivity index (χ0v) is 14.7. The Balaban J connectivity index is 2.31. The van der Waals surface area contributed by atoms with Gasteiger partial charge in [0, 0.05) is 12.5 Å². The summed E-state index contributed by atoms with van der Waals surface area (Å²) in [4.78, 5) is 22.9. The van der Waals surface area contributed by atoms with Crippen molar-refractivity contribution < 1.29 is 39.1 Å². The highest BCUT2D eigenvalue weighted by Gasteiger charge is 2.46. The largest absolute Gasteiger partial charge is 0.493 e. The van der Waals surface area contributed by atoms with Gasteiger partial charge in [-0.1, -0.05) is 0 Å². The Kier molecular flexibility index (Phi) is 6.54. The van der Waals surface area contributed by atoms with Crippen molar-refractivity contribution in [2.45, 2.75) is 44.5 Å². The monoisotopic (exact) mass is 369 g/mol. The van der Waals surface area contributed by atoms with E-state index >= 15 is 0 Å². The van der Waals surface area contributed by atoms with Gasteiger partial charge in [-0.05, 0) is 25.1 Å². The second kappa shape index (κ2) is 8.45. The van der Waals surface area contributed by atoms with Crippen LogP contribution in [-0.4, -0.2) is 71.4 Å². The van der Waals surface area contributed by atoms with Gasteiger partial charge >= 0.3 is 0 Å². The lowest BCUT2D eigenvalue weighted by Gasteiger charge is -2.42. The van der Waals surface area contributed by atoms with Crippen LogP contribution in [0.2, 0.25) is 0 Å². The zero-order chi connectivity index (χ0) is 19.4. The summed E-state index contributed by atoms with van der Waals surface area (Å²) in [7, 11) is 1.40. The minimum atomic E-state index is -1.42. The van der Waals surface area contributed by atoms with Crippen LogP contribution in [0.5, 0.6) is 11.5 Å². The molecule has 144 valence electrons. The summed E-state index contributed by atoms with van der Waals surface area (Å²) >= 11 is 0. The minimum absolute atomic E-state index is 0.154. The lowest BCUT2D eigenvalue weighted by molar-refractivity contribution is -0.244. The fourth-order valence-corrected chi connectivity index (χ4v) is 2.68. The van der Waals surface area contributed by atoms with Crippen LogP contribution >= 0.6 is 0 Å². The van der Waals surface area contributed by atoms with Crippen molar-refractivity contribution >= 4 is 11.7 Å². The van der Waals surface area contributed by atoms with Crippen LogP contribution in [0.25, 0.3) is 0 Å². The molecule has 9 heteroatoms. The average molecular weight is 369 g/mol. The highest BCUT2D eigenvalue weighted by Crippen LogP contribution is 2.32. The summed E-state index contributed by atoms with van der Waals surface area (Å²) < 4.78 is 16.4. The van der Waals surface area contributed by atoms with Crippen molar-refractivity contribution in [3.63, 3.8) is 0 Å². The van der Waals surface area contributed by atoms with Crippen molar-refractivity contribution in [1.29, 1.82) is 0 Å². The molecule has 4 N–H and O–H groups in total. The maximum Gasteiger partial charge on any atom is 0.223 e. The van der Waals surface area contributed by atoms with Gasteiger partial charge in [0.25, 0.3) is 0 Å². The predicted molar refractivity (Wildman–Crippen MR) is 89.0 cm³/mol. The van der Waals surface area contributed by atoms with Gasteiger partial charge in [0.15, 0.2) is 17.3 Å². The molecule has 1 fully saturated rings. The number of ketones is 1. The molecule has 9 nitrogen and oxygen atoms in total. The third-order valence-electron chi connectivity index (χ3n) is 4.06. The van der Waals surface area contributed by atoms with Crippen molar-refractivity contribution in [3.05, 3.63) is 23.8 Å². The zero-order valence-electron chi connectivity index (χ0n) is 14.7. The first-order valence-corrected chi connectivity index (χ1v) is 8.03. The molecule has 0 unspecified atom stereocenters. The summed E-state index contributed by atoms with van der Waals surface area (Å²) in [5, 5.41) is 32.1. The molecular weight excluding hydrogens is 346 g/mol. The summed E-state index contributed by atoms with van der Waals surface area (Å²) in [6, 6.07) is 3.44. The van der Waals surface area contributed by atoms with E-state index in [1.165, 1.54) is 39.2 Å². The Morgan fingerprint density at radius 3 is 2.42 bits per heavy atom. The highest BCUT2D eigenvalue weighted by atomic mass is 16.7. The fraction of sp³-hybridized carbons (Fsp3) is 0.529.